The van der Waals surface area contributed by atoms with Gasteiger partial charge in [-0.2, -0.15) is 0 Å². The summed E-state index contributed by atoms with van der Waals surface area (Å²) < 4.78 is 2.40. The molecule has 1 aliphatic carbocycles. The molecular weight excluding hydrogens is 611 g/mol. The topological polar surface area (TPSA) is 54.5 Å². The maximum atomic E-state index is 13.0. The monoisotopic (exact) mass is 656 g/mol. The minimum atomic E-state index is -0.579. The summed E-state index contributed by atoms with van der Waals surface area (Å²) in [6.45, 7) is 6.92. The SMILES string of the molecule is Cc1ccc(-c2cn(CCCCC(=O)C3(N)CCCCC3)c3ccc(CN4CC5CC4CN5Cc4c(Cl)cccc4Cl)cc23)cc1. The average Bonchev–Trinajstić information content (AvgIpc) is 3.74. The van der Waals surface area contributed by atoms with Gasteiger partial charge in [0.05, 0.1) is 5.54 Å². The van der Waals surface area contributed by atoms with E-state index in [9.17, 15) is 4.79 Å². The number of fused-ring (bicyclic) bond motifs is 3. The molecule has 3 heterocycles. The van der Waals surface area contributed by atoms with Crippen LogP contribution in [0.2, 0.25) is 10.0 Å². The number of benzene rings is 3. The van der Waals surface area contributed by atoms with E-state index < -0.39 is 5.54 Å². The van der Waals surface area contributed by atoms with Crippen LogP contribution >= 0.6 is 23.2 Å². The summed E-state index contributed by atoms with van der Waals surface area (Å²) in [6.07, 6.45) is 11.0. The maximum Gasteiger partial charge on any atom is 0.152 e. The van der Waals surface area contributed by atoms with Crippen molar-refractivity contribution in [1.82, 2.24) is 14.4 Å². The number of aryl methyl sites for hydroxylation is 2. The van der Waals surface area contributed by atoms with Gasteiger partial charge in [0, 0.05) is 89.5 Å². The Bertz CT molecular complexity index is 1690. The van der Waals surface area contributed by atoms with Crippen LogP contribution in [0.25, 0.3) is 22.0 Å². The normalized spacial score (nSPS) is 21.4. The van der Waals surface area contributed by atoms with Gasteiger partial charge in [-0.15, -0.1) is 0 Å². The molecule has 1 saturated carbocycles. The van der Waals surface area contributed by atoms with Crippen molar-refractivity contribution in [3.05, 3.63) is 93.6 Å². The molecule has 7 heteroatoms. The van der Waals surface area contributed by atoms with Crippen LogP contribution in [0, 0.1) is 6.92 Å². The van der Waals surface area contributed by atoms with Crippen molar-refractivity contribution in [3.8, 4) is 11.1 Å². The molecule has 2 bridgehead atoms. The molecule has 2 aliphatic heterocycles. The molecule has 2 atom stereocenters. The Morgan fingerprint density at radius 3 is 2.28 bits per heavy atom. The van der Waals surface area contributed by atoms with Crippen molar-refractivity contribution in [1.29, 1.82) is 0 Å². The summed E-state index contributed by atoms with van der Waals surface area (Å²) in [7, 11) is 0. The highest BCUT2D eigenvalue weighted by atomic mass is 35.5. The van der Waals surface area contributed by atoms with Crippen LogP contribution in [0.15, 0.2) is 66.9 Å². The van der Waals surface area contributed by atoms with Crippen LogP contribution in [0.5, 0.6) is 0 Å². The van der Waals surface area contributed by atoms with Crippen LogP contribution in [-0.4, -0.2) is 50.9 Å². The number of likely N-dealkylation sites (tertiary alicyclic amines) is 2. The van der Waals surface area contributed by atoms with E-state index >= 15 is 0 Å². The van der Waals surface area contributed by atoms with Crippen molar-refractivity contribution in [2.24, 2.45) is 5.73 Å². The first kappa shape index (κ1) is 31.9. The van der Waals surface area contributed by atoms with Gasteiger partial charge in [0.1, 0.15) is 0 Å². The second-order valence-electron chi connectivity index (χ2n) is 14.2. The molecule has 242 valence electrons. The minimum Gasteiger partial charge on any atom is -0.347 e. The largest absolute Gasteiger partial charge is 0.347 e. The van der Waals surface area contributed by atoms with Gasteiger partial charge >= 0.3 is 0 Å². The number of halogens is 2. The number of nitrogens with two attached hydrogens (primary N) is 1. The van der Waals surface area contributed by atoms with E-state index in [1.807, 2.05) is 18.2 Å². The summed E-state index contributed by atoms with van der Waals surface area (Å²) in [5.74, 6) is 0.265. The number of rotatable bonds is 11. The average molecular weight is 658 g/mol. The lowest BCUT2D eigenvalue weighted by atomic mass is 9.78. The Morgan fingerprint density at radius 2 is 1.59 bits per heavy atom. The third-order valence-electron chi connectivity index (χ3n) is 10.9. The van der Waals surface area contributed by atoms with Crippen LogP contribution in [-0.2, 0) is 24.4 Å². The van der Waals surface area contributed by atoms with Gasteiger partial charge in [-0.25, -0.2) is 0 Å². The first-order valence-corrected chi connectivity index (χ1v) is 17.9. The molecule has 2 N–H and O–H groups in total. The number of unbranched alkanes of at least 4 members (excludes halogenated alkanes) is 1. The van der Waals surface area contributed by atoms with E-state index in [4.69, 9.17) is 28.9 Å². The minimum absolute atomic E-state index is 0.265. The predicted molar refractivity (Wildman–Crippen MR) is 190 cm³/mol. The summed E-state index contributed by atoms with van der Waals surface area (Å²) in [5.41, 5.74) is 13.4. The molecule has 3 aliphatic rings. The van der Waals surface area contributed by atoms with Crippen LogP contribution in [0.1, 0.15) is 74.5 Å². The molecule has 3 aromatic carbocycles. The molecule has 2 unspecified atom stereocenters. The van der Waals surface area contributed by atoms with E-state index in [0.29, 0.717) is 18.5 Å². The first-order chi connectivity index (χ1) is 22.3. The van der Waals surface area contributed by atoms with E-state index in [1.54, 1.807) is 0 Å². The van der Waals surface area contributed by atoms with E-state index in [0.717, 1.165) is 86.9 Å². The highest BCUT2D eigenvalue weighted by Crippen LogP contribution is 2.37. The number of carbonyl (C=O) groups is 1. The highest BCUT2D eigenvalue weighted by Gasteiger charge is 2.43. The lowest BCUT2D eigenvalue weighted by molar-refractivity contribution is -0.125. The molecule has 0 amide bonds. The quantitative estimate of drug-likeness (QED) is 0.164. The van der Waals surface area contributed by atoms with Gasteiger partial charge in [-0.3, -0.25) is 14.6 Å². The zero-order valence-electron chi connectivity index (χ0n) is 27.0. The van der Waals surface area contributed by atoms with E-state index in [2.05, 4.69) is 70.0 Å². The van der Waals surface area contributed by atoms with Gasteiger partial charge in [0.15, 0.2) is 5.78 Å². The molecular formula is C39H46Cl2N4O. The number of Topliss-reactive ketones (excluding diaryl/α,β-unsaturated/α-hetero) is 1. The van der Waals surface area contributed by atoms with Crippen molar-refractivity contribution in [2.45, 2.75) is 102 Å². The Morgan fingerprint density at radius 1 is 0.891 bits per heavy atom. The molecule has 3 fully saturated rings. The Labute approximate surface area is 283 Å². The molecule has 46 heavy (non-hydrogen) atoms. The number of ketones is 1. The fourth-order valence-electron chi connectivity index (χ4n) is 8.21. The predicted octanol–water partition coefficient (Wildman–Crippen LogP) is 8.78. The number of nitrogens with zero attached hydrogens (tertiary/aromatic N) is 3. The van der Waals surface area contributed by atoms with E-state index in [1.165, 1.54) is 46.0 Å². The Hall–Kier alpha value is -2.67. The summed E-state index contributed by atoms with van der Waals surface area (Å²) >= 11 is 13.0. The molecule has 2 saturated heterocycles. The van der Waals surface area contributed by atoms with Crippen molar-refractivity contribution in [3.63, 3.8) is 0 Å². The lowest BCUT2D eigenvalue weighted by Crippen LogP contribution is -2.49. The van der Waals surface area contributed by atoms with Gasteiger partial charge < -0.3 is 10.3 Å². The summed E-state index contributed by atoms with van der Waals surface area (Å²) in [6, 6.07) is 22.8. The van der Waals surface area contributed by atoms with Gasteiger partial charge in [-0.1, -0.05) is 84.4 Å². The van der Waals surface area contributed by atoms with Gasteiger partial charge in [0.2, 0.25) is 0 Å². The molecule has 0 radical (unpaired) electrons. The standard InChI is InChI=1S/C39H46Cl2N4O/c1-27-11-14-29(15-12-27)33-25-43(19-6-3-10-38(46)39(42)17-4-2-5-18-39)37-16-13-28(20-32(33)37)22-44-23-31-21-30(44)24-45(31)26-34-35(40)8-7-9-36(34)41/h7-9,11-16,20,25,30-31H,2-6,10,17-19,21-24,26,42H2,1H3. The molecule has 1 aromatic heterocycles. The third-order valence-corrected chi connectivity index (χ3v) is 11.6. The first-order valence-electron chi connectivity index (χ1n) is 17.2. The Kier molecular flexibility index (Phi) is 9.33. The number of piperazine rings is 1. The fraction of sp³-hybridized carbons (Fsp3) is 0.462. The fourth-order valence-corrected chi connectivity index (χ4v) is 8.73. The van der Waals surface area contributed by atoms with Crippen molar-refractivity contribution in [2.75, 3.05) is 13.1 Å². The smallest absolute Gasteiger partial charge is 0.152 e. The van der Waals surface area contributed by atoms with E-state index in [-0.39, 0.29) is 5.78 Å². The van der Waals surface area contributed by atoms with Crippen LogP contribution in [0.4, 0.5) is 0 Å². The Balaban J connectivity index is 1.04. The summed E-state index contributed by atoms with van der Waals surface area (Å²) in [5, 5.41) is 2.82. The highest BCUT2D eigenvalue weighted by molar-refractivity contribution is 6.36. The number of aromatic nitrogens is 1. The van der Waals surface area contributed by atoms with Gasteiger partial charge in [-0.05, 0) is 74.4 Å². The number of hydrogen-bond donors (Lipinski definition) is 1. The summed E-state index contributed by atoms with van der Waals surface area (Å²) in [4.78, 5) is 18.2. The maximum absolute atomic E-state index is 13.0. The second kappa shape index (κ2) is 13.4. The number of carbonyl (C=O) groups excluding carboxylic acids is 1. The molecule has 4 aromatic rings. The van der Waals surface area contributed by atoms with Crippen LogP contribution in [0.3, 0.4) is 0 Å². The van der Waals surface area contributed by atoms with Gasteiger partial charge in [0.25, 0.3) is 0 Å². The molecule has 7 rings (SSSR count). The third kappa shape index (κ3) is 6.55. The molecule has 0 spiro atoms. The number of hydrogen-bond acceptors (Lipinski definition) is 4. The second-order valence-corrected chi connectivity index (χ2v) is 15.0. The van der Waals surface area contributed by atoms with Crippen molar-refractivity contribution < 1.29 is 4.79 Å². The molecule has 5 nitrogen and oxygen atoms in total. The lowest BCUT2D eigenvalue weighted by Gasteiger charge is -2.34. The van der Waals surface area contributed by atoms with Crippen LogP contribution < -0.4 is 5.73 Å². The van der Waals surface area contributed by atoms with Crippen molar-refractivity contribution >= 4 is 39.9 Å². The zero-order chi connectivity index (χ0) is 31.8. The zero-order valence-corrected chi connectivity index (χ0v) is 28.5.